The largest absolute Gasteiger partial charge is 0.508 e. The molecular formula is C89H66BBr3Cl5N11O13. The lowest BCUT2D eigenvalue weighted by atomic mass is 10.1. The summed E-state index contributed by atoms with van der Waals surface area (Å²) in [5, 5.41) is 70.6. The number of nitrogens with one attached hydrogen (secondary N) is 6. The van der Waals surface area contributed by atoms with Gasteiger partial charge in [-0.3, -0.25) is 9.59 Å². The van der Waals surface area contributed by atoms with E-state index in [-0.39, 0.29) is 60.0 Å². The molecular weight excluding hydrogens is 1860 g/mol. The second-order valence-electron chi connectivity index (χ2n) is 25.5. The van der Waals surface area contributed by atoms with Gasteiger partial charge >= 0.3 is 21.1 Å². The number of aromatic hydroxyl groups is 2. The lowest BCUT2D eigenvalue weighted by Gasteiger charge is -2.14. The number of aromatic carboxylic acids is 3. The number of benzene rings is 11. The molecule has 11 aromatic carbocycles. The second-order valence-corrected chi connectivity index (χ2v) is 33.9. The molecule has 11 N–H and O–H groups in total. The van der Waals surface area contributed by atoms with E-state index < -0.39 is 17.9 Å². The number of carboxylic acid groups (broad SMARTS) is 3. The number of carbonyl (C=O) groups is 5. The first-order valence-corrected chi connectivity index (χ1v) is 40.7. The van der Waals surface area contributed by atoms with Crippen molar-refractivity contribution in [2.24, 2.45) is 0 Å². The summed E-state index contributed by atoms with van der Waals surface area (Å²) in [4.78, 5) is 81.7. The zero-order valence-electron chi connectivity index (χ0n) is 63.9. The van der Waals surface area contributed by atoms with Gasteiger partial charge in [0.05, 0.1) is 108 Å². The second kappa shape index (κ2) is 42.8. The molecule has 0 atom stereocenters. The van der Waals surface area contributed by atoms with Gasteiger partial charge < -0.3 is 71.6 Å². The lowest BCUT2D eigenvalue weighted by molar-refractivity contribution is 0.0686. The Balaban J connectivity index is 0.000000149. The number of carbonyl (C=O) groups excluding carboxylic acids is 2. The molecule has 5 heterocycles. The van der Waals surface area contributed by atoms with Crippen molar-refractivity contribution < 1.29 is 63.7 Å². The molecule has 5 aromatic heterocycles. The van der Waals surface area contributed by atoms with Crippen LogP contribution in [0.2, 0.25) is 25.2 Å². The van der Waals surface area contributed by atoms with Crippen LogP contribution in [0.25, 0.3) is 54.5 Å². The zero-order valence-corrected chi connectivity index (χ0v) is 72.4. The van der Waals surface area contributed by atoms with E-state index in [0.717, 1.165) is 10.8 Å². The van der Waals surface area contributed by atoms with E-state index >= 15 is 0 Å². The Hall–Kier alpha value is -13.0. The third-order valence-electron chi connectivity index (χ3n) is 17.4. The van der Waals surface area contributed by atoms with Crippen molar-refractivity contribution in [2.75, 3.05) is 53.2 Å². The maximum atomic E-state index is 13.0. The first kappa shape index (κ1) is 89.8. The summed E-state index contributed by atoms with van der Waals surface area (Å²) < 4.78 is 15.8. The number of rotatable bonds is 18. The Labute approximate surface area is 746 Å². The highest BCUT2D eigenvalue weighted by Crippen LogP contribution is 2.36. The molecule has 24 nitrogen and oxygen atoms in total. The van der Waals surface area contributed by atoms with E-state index in [2.05, 4.69) is 104 Å². The number of phenolic OH excluding ortho intramolecular Hbond substituents is 2. The maximum absolute atomic E-state index is 13.0. The first-order valence-electron chi connectivity index (χ1n) is 36.0. The molecule has 0 unspecified atom stereocenters. The minimum absolute atomic E-state index is 0.000617. The molecule has 0 spiro atoms. The van der Waals surface area contributed by atoms with Crippen LogP contribution in [0.5, 0.6) is 28.7 Å². The standard InChI is InChI=1S/C23H18ClN3O2.C22H16ClN3O2.C17H13ClN2O3.C16H11ClN2O3.C11H8ClNO3.BBr3/c1-29-17-12-11-15-13-18(23(28)25-16-7-3-2-4-8-16)22(27-21(15)14-17)26-20-10-6-5-9-19(20)24;23-18-8-4-5-9-19(18)25-21-17(22(28)24-15-6-2-1-3-7-15)12-14-10-11-16(27)13-20(14)26-21;1-23-11-7-6-10-8-12(17(21)22)16(20-15(10)9-11)19-14-5-3-2-4-13(14)18;17-12-3-1-2-4-13(12)18-15-11(16(21)22)7-9-5-6-10(20)8-14(9)19-15;1-16-7-3-2-6-4-8(11(14)15)10(12)13-9(6)5-7;2-1(3)4/h2-14H,1H3,(H,25,28)(H,26,27);1-13,27H,(H,24,28)(H,25,26);2-9H,1H3,(H,19,20)(H,21,22);1-8,20H,(H,18,19)(H,21,22);2-5H,1H3,(H,14,15);. The molecule has 16 aromatic rings. The Morgan fingerprint density at radius 2 is 0.557 bits per heavy atom. The van der Waals surface area contributed by atoms with Gasteiger partial charge in [0.15, 0.2) is 0 Å². The molecule has 0 saturated carbocycles. The molecule has 0 saturated heterocycles. The number of ether oxygens (including phenoxy) is 3. The topological polar surface area (TPSA) is 351 Å². The van der Waals surface area contributed by atoms with Crippen molar-refractivity contribution in [1.29, 1.82) is 0 Å². The highest BCUT2D eigenvalue weighted by Gasteiger charge is 2.22. The van der Waals surface area contributed by atoms with Crippen molar-refractivity contribution in [3.63, 3.8) is 0 Å². The van der Waals surface area contributed by atoms with Crippen LogP contribution in [-0.2, 0) is 0 Å². The highest BCUT2D eigenvalue weighted by atomic mass is 79.9. The average Bonchev–Trinajstić information content (AvgIpc) is 0.804. The van der Waals surface area contributed by atoms with Crippen LogP contribution in [0.15, 0.2) is 279 Å². The lowest BCUT2D eigenvalue weighted by Crippen LogP contribution is -2.15. The Morgan fingerprint density at radius 1 is 0.311 bits per heavy atom. The summed E-state index contributed by atoms with van der Waals surface area (Å²) in [6.45, 7) is 0. The molecule has 16 rings (SSSR count). The number of amides is 2. The van der Waals surface area contributed by atoms with Crippen LogP contribution in [0.4, 0.5) is 57.4 Å². The van der Waals surface area contributed by atoms with E-state index in [1.54, 1.807) is 167 Å². The molecule has 0 aliphatic heterocycles. The number of carboxylic acids is 3. The third kappa shape index (κ3) is 24.4. The molecule has 0 aliphatic carbocycles. The molecule has 122 heavy (non-hydrogen) atoms. The minimum Gasteiger partial charge on any atom is -0.508 e. The number of hydrogen-bond acceptors (Lipinski definition) is 19. The van der Waals surface area contributed by atoms with Gasteiger partial charge in [-0.05, 0) is 164 Å². The SMILES string of the molecule is BrB(Br)Br.COc1ccc2cc(C(=O)Nc3ccccc3)c(Nc3ccccc3Cl)nc2c1.COc1ccc2cc(C(=O)O)c(Cl)nc2c1.COc1ccc2cc(C(=O)O)c(Nc3ccccc3Cl)nc2c1.O=C(Nc1ccccc1)c1cc2ccc(O)cc2nc1Nc1ccccc1Cl.O=C(O)c1cc2ccc(O)cc2nc1Nc1ccccc1Cl. The molecule has 0 bridgehead atoms. The van der Waals surface area contributed by atoms with E-state index in [0.29, 0.717) is 138 Å². The fourth-order valence-electron chi connectivity index (χ4n) is 11.5. The summed E-state index contributed by atoms with van der Waals surface area (Å²) in [6, 6.07) is 80.6. The molecule has 0 fully saturated rings. The van der Waals surface area contributed by atoms with E-state index in [1.807, 2.05) is 109 Å². The number of pyridine rings is 5. The van der Waals surface area contributed by atoms with Crippen LogP contribution in [-0.4, -0.2) is 105 Å². The number of nitrogens with zero attached hydrogens (tertiary/aromatic N) is 5. The van der Waals surface area contributed by atoms with E-state index in [1.165, 1.54) is 24.3 Å². The van der Waals surface area contributed by atoms with Gasteiger partial charge in [0.25, 0.3) is 11.8 Å². The van der Waals surface area contributed by atoms with E-state index in [4.69, 9.17) is 77.3 Å². The normalized spacial score (nSPS) is 10.4. The minimum atomic E-state index is -1.10. The molecule has 0 aliphatic rings. The fourth-order valence-corrected chi connectivity index (χ4v) is 12.5. The number of methoxy groups -OCH3 is 3. The number of para-hydroxylation sites is 6. The van der Waals surface area contributed by atoms with Crippen molar-refractivity contribution in [1.82, 2.24) is 24.9 Å². The number of hydrogen-bond donors (Lipinski definition) is 11. The van der Waals surface area contributed by atoms with Crippen LogP contribution in [0.3, 0.4) is 0 Å². The van der Waals surface area contributed by atoms with Gasteiger partial charge in [0, 0.05) is 68.6 Å². The zero-order chi connectivity index (χ0) is 87.1. The quantitative estimate of drug-likeness (QED) is 0.0281. The summed E-state index contributed by atoms with van der Waals surface area (Å²) >= 11 is 39.8. The Bertz CT molecular complexity index is 6550. The smallest absolute Gasteiger partial charge is 0.369 e. The number of anilines is 10. The van der Waals surface area contributed by atoms with Crippen LogP contribution >= 0.6 is 105 Å². The number of aromatic nitrogens is 5. The van der Waals surface area contributed by atoms with Gasteiger partial charge in [0.1, 0.15) is 68.3 Å². The summed E-state index contributed by atoms with van der Waals surface area (Å²) in [5.74, 6) is -0.517. The predicted molar refractivity (Wildman–Crippen MR) is 498 cm³/mol. The summed E-state index contributed by atoms with van der Waals surface area (Å²) in [6.07, 6.45) is 0. The Kier molecular flexibility index (Phi) is 31.5. The van der Waals surface area contributed by atoms with Crippen molar-refractivity contribution in [3.05, 3.63) is 332 Å². The number of halogens is 8. The third-order valence-corrected chi connectivity index (χ3v) is 19.0. The van der Waals surface area contributed by atoms with Crippen LogP contribution < -0.4 is 46.1 Å². The van der Waals surface area contributed by atoms with Gasteiger partial charge in [0.2, 0.25) is 0 Å². The molecule has 614 valence electrons. The van der Waals surface area contributed by atoms with E-state index in [9.17, 15) is 44.4 Å². The summed E-state index contributed by atoms with van der Waals surface area (Å²) in [7, 11) is 4.72. The van der Waals surface area contributed by atoms with Crippen molar-refractivity contribution in [2.45, 2.75) is 0 Å². The number of fused-ring (bicyclic) bond motifs is 5. The number of phenols is 2. The van der Waals surface area contributed by atoms with Gasteiger partial charge in [-0.2, -0.15) is 0 Å². The average molecular weight is 1930 g/mol. The maximum Gasteiger partial charge on any atom is 0.369 e. The fraction of sp³-hybridized carbons (Fsp3) is 0.0337. The highest BCUT2D eigenvalue weighted by molar-refractivity contribution is 9.69. The first-order chi connectivity index (χ1) is 58.7. The predicted octanol–water partition coefficient (Wildman–Crippen LogP) is 24.6. The van der Waals surface area contributed by atoms with Gasteiger partial charge in [-0.1, -0.05) is 143 Å². The summed E-state index contributed by atoms with van der Waals surface area (Å²) in [5.41, 5.74) is 7.68. The molecule has 0 radical (unpaired) electrons. The molecule has 33 heteroatoms. The van der Waals surface area contributed by atoms with Crippen molar-refractivity contribution in [3.8, 4) is 28.7 Å². The van der Waals surface area contributed by atoms with Crippen LogP contribution in [0, 0.1) is 0 Å². The van der Waals surface area contributed by atoms with Gasteiger partial charge in [-0.25, -0.2) is 39.3 Å². The molecule has 2 amide bonds. The Morgan fingerprint density at radius 3 is 0.844 bits per heavy atom. The monoisotopic (exact) mass is 1920 g/mol. The van der Waals surface area contributed by atoms with Crippen LogP contribution in [0.1, 0.15) is 51.8 Å². The van der Waals surface area contributed by atoms with Crippen molar-refractivity contribution >= 4 is 250 Å². The van der Waals surface area contributed by atoms with Gasteiger partial charge in [-0.15, -0.1) is 47.3 Å².